The molecule has 0 atom stereocenters. The third-order valence-corrected chi connectivity index (χ3v) is 1.69. The zero-order chi connectivity index (χ0) is 10.7. The van der Waals surface area contributed by atoms with Crippen molar-refractivity contribution in [3.63, 3.8) is 0 Å². The molecule has 82 valence electrons. The van der Waals surface area contributed by atoms with Crippen LogP contribution in [-0.2, 0) is 0 Å². The second-order valence-electron chi connectivity index (χ2n) is 3.05. The quantitative estimate of drug-likeness (QED) is 0.571. The van der Waals surface area contributed by atoms with E-state index in [9.17, 15) is 4.79 Å². The lowest BCUT2D eigenvalue weighted by Gasteiger charge is -2.09. The van der Waals surface area contributed by atoms with Crippen molar-refractivity contribution in [2.45, 2.75) is 0 Å². The summed E-state index contributed by atoms with van der Waals surface area (Å²) in [7, 11) is 3.34. The number of halogens is 1. The predicted molar refractivity (Wildman–Crippen MR) is 60.5 cm³/mol. The first kappa shape index (κ1) is 13.4. The van der Waals surface area contributed by atoms with Gasteiger partial charge in [0.05, 0.1) is 5.56 Å². The fraction of sp³-hybridized carbons (Fsp3) is 0.222. The van der Waals surface area contributed by atoms with Crippen LogP contribution < -0.4 is 5.73 Å². The number of nitrogens with zero attached hydrogens (tertiary/aromatic N) is 2. The highest BCUT2D eigenvalue weighted by Crippen LogP contribution is 2.02. The van der Waals surface area contributed by atoms with Crippen LogP contribution in [0.2, 0.25) is 0 Å². The molecule has 0 saturated carbocycles. The van der Waals surface area contributed by atoms with Crippen molar-refractivity contribution in [1.82, 2.24) is 9.88 Å². The Morgan fingerprint density at radius 2 is 2.07 bits per heavy atom. The van der Waals surface area contributed by atoms with E-state index < -0.39 is 0 Å². The lowest BCUT2D eigenvalue weighted by molar-refractivity contribution is 0.0827. The van der Waals surface area contributed by atoms with Crippen LogP contribution in [0, 0.1) is 5.41 Å². The van der Waals surface area contributed by atoms with E-state index in [2.05, 4.69) is 4.98 Å². The molecule has 1 rings (SSSR count). The predicted octanol–water partition coefficient (Wildman–Crippen LogP) is 0.489. The van der Waals surface area contributed by atoms with Gasteiger partial charge < -0.3 is 10.6 Å². The number of amides is 1. The third kappa shape index (κ3) is 3.21. The van der Waals surface area contributed by atoms with E-state index in [1.165, 1.54) is 11.1 Å². The maximum Gasteiger partial charge on any atom is 0.254 e. The fourth-order valence-electron chi connectivity index (χ4n) is 0.938. The van der Waals surface area contributed by atoms with Gasteiger partial charge >= 0.3 is 0 Å². The Morgan fingerprint density at radius 3 is 2.40 bits per heavy atom. The molecule has 0 radical (unpaired) electrons. The van der Waals surface area contributed by atoms with Gasteiger partial charge in [-0.2, -0.15) is 0 Å². The van der Waals surface area contributed by atoms with Crippen molar-refractivity contribution < 1.29 is 4.79 Å². The van der Waals surface area contributed by atoms with Crippen molar-refractivity contribution in [2.24, 2.45) is 5.73 Å². The maximum absolute atomic E-state index is 11.4. The Balaban J connectivity index is 0.00000196. The summed E-state index contributed by atoms with van der Waals surface area (Å²) in [5.41, 5.74) is 6.09. The van der Waals surface area contributed by atoms with Crippen LogP contribution in [0.4, 0.5) is 0 Å². The molecule has 1 amide bonds. The van der Waals surface area contributed by atoms with E-state index in [-0.39, 0.29) is 24.1 Å². The average molecular weight is 229 g/mol. The molecule has 0 aliphatic heterocycles. The van der Waals surface area contributed by atoms with E-state index in [1.54, 1.807) is 26.2 Å². The van der Waals surface area contributed by atoms with E-state index in [4.69, 9.17) is 11.1 Å². The Labute approximate surface area is 94.2 Å². The van der Waals surface area contributed by atoms with E-state index in [1.807, 2.05) is 0 Å². The van der Waals surface area contributed by atoms with Gasteiger partial charge in [0.2, 0.25) is 0 Å². The van der Waals surface area contributed by atoms with Crippen molar-refractivity contribution >= 4 is 24.1 Å². The zero-order valence-electron chi connectivity index (χ0n) is 8.52. The largest absolute Gasteiger partial charge is 0.382 e. The minimum absolute atomic E-state index is 0. The van der Waals surface area contributed by atoms with E-state index in [0.717, 1.165) is 0 Å². The summed E-state index contributed by atoms with van der Waals surface area (Å²) in [4.78, 5) is 16.8. The van der Waals surface area contributed by atoms with Crippen molar-refractivity contribution in [1.29, 1.82) is 5.41 Å². The molecule has 15 heavy (non-hydrogen) atoms. The molecule has 0 aromatic carbocycles. The molecule has 0 spiro atoms. The van der Waals surface area contributed by atoms with E-state index >= 15 is 0 Å². The molecule has 5 nitrogen and oxygen atoms in total. The van der Waals surface area contributed by atoms with Crippen LogP contribution in [0.15, 0.2) is 18.3 Å². The van der Waals surface area contributed by atoms with Crippen LogP contribution in [0.1, 0.15) is 16.1 Å². The zero-order valence-corrected chi connectivity index (χ0v) is 9.34. The molecule has 6 heteroatoms. The fourth-order valence-corrected chi connectivity index (χ4v) is 0.938. The molecule has 0 unspecified atom stereocenters. The maximum atomic E-state index is 11.4. The molecule has 0 aliphatic rings. The minimum Gasteiger partial charge on any atom is -0.382 e. The summed E-state index contributed by atoms with van der Waals surface area (Å²) in [6.07, 6.45) is 1.42. The summed E-state index contributed by atoms with van der Waals surface area (Å²) in [5, 5.41) is 7.12. The molecule has 3 N–H and O–H groups in total. The Morgan fingerprint density at radius 1 is 1.47 bits per heavy atom. The Hall–Kier alpha value is -1.62. The molecule has 1 aromatic rings. The highest BCUT2D eigenvalue weighted by Gasteiger charge is 2.08. The van der Waals surface area contributed by atoms with Gasteiger partial charge in [-0.05, 0) is 12.1 Å². The van der Waals surface area contributed by atoms with Crippen molar-refractivity contribution in [2.75, 3.05) is 14.1 Å². The smallest absolute Gasteiger partial charge is 0.254 e. The van der Waals surface area contributed by atoms with Crippen LogP contribution in [-0.4, -0.2) is 35.7 Å². The van der Waals surface area contributed by atoms with Gasteiger partial charge in [-0.1, -0.05) is 0 Å². The Bertz CT molecular complexity index is 361. The van der Waals surface area contributed by atoms with Crippen LogP contribution in [0.5, 0.6) is 0 Å². The standard InChI is InChI=1S/C9H12N4O.ClH/c1-13(2)9(14)6-3-4-7(8(10)11)12-5-6;/h3-5H,1-2H3,(H3,10,11);1H. The van der Waals surface area contributed by atoms with Crippen LogP contribution >= 0.6 is 12.4 Å². The highest BCUT2D eigenvalue weighted by atomic mass is 35.5. The van der Waals surface area contributed by atoms with Gasteiger partial charge in [-0.25, -0.2) is 0 Å². The summed E-state index contributed by atoms with van der Waals surface area (Å²) >= 11 is 0. The SMILES string of the molecule is CN(C)C(=O)c1ccc(C(=N)N)nc1.Cl. The van der Waals surface area contributed by atoms with E-state index in [0.29, 0.717) is 11.3 Å². The van der Waals surface area contributed by atoms with Gasteiger partial charge in [0.25, 0.3) is 5.91 Å². The number of nitrogens with two attached hydrogens (primary N) is 1. The number of carbonyl (C=O) groups excluding carboxylic acids is 1. The molecule has 1 aromatic heterocycles. The average Bonchev–Trinajstić information content (AvgIpc) is 2.16. The highest BCUT2D eigenvalue weighted by molar-refractivity contribution is 5.96. The Kier molecular flexibility index (Phi) is 4.73. The normalized spacial score (nSPS) is 8.93. The molecule has 0 saturated heterocycles. The molecular formula is C9H13ClN4O. The van der Waals surface area contributed by atoms with Crippen molar-refractivity contribution in [3.8, 4) is 0 Å². The first-order chi connectivity index (χ1) is 6.52. The van der Waals surface area contributed by atoms with Gasteiger partial charge in [0.1, 0.15) is 11.5 Å². The number of nitrogen functional groups attached to an aromatic ring is 1. The number of amidine groups is 1. The number of nitrogens with one attached hydrogen (secondary N) is 1. The molecule has 1 heterocycles. The summed E-state index contributed by atoms with van der Waals surface area (Å²) < 4.78 is 0. The first-order valence-electron chi connectivity index (χ1n) is 4.04. The molecule has 0 aliphatic carbocycles. The van der Waals surface area contributed by atoms with Gasteiger partial charge in [-0.15, -0.1) is 12.4 Å². The second kappa shape index (κ2) is 5.31. The number of hydrogen-bond donors (Lipinski definition) is 2. The van der Waals surface area contributed by atoms with Gasteiger partial charge in [0, 0.05) is 20.3 Å². The number of aromatic nitrogens is 1. The van der Waals surface area contributed by atoms with Crippen LogP contribution in [0.25, 0.3) is 0 Å². The monoisotopic (exact) mass is 228 g/mol. The summed E-state index contributed by atoms with van der Waals surface area (Å²) in [5.74, 6) is -0.221. The molecule has 0 bridgehead atoms. The lowest BCUT2D eigenvalue weighted by atomic mass is 10.2. The third-order valence-electron chi connectivity index (χ3n) is 1.69. The molecular weight excluding hydrogens is 216 g/mol. The topological polar surface area (TPSA) is 83.1 Å². The van der Waals surface area contributed by atoms with Gasteiger partial charge in [-0.3, -0.25) is 15.2 Å². The lowest BCUT2D eigenvalue weighted by Crippen LogP contribution is -2.22. The van der Waals surface area contributed by atoms with Crippen LogP contribution in [0.3, 0.4) is 0 Å². The molecule has 0 fully saturated rings. The number of hydrogen-bond acceptors (Lipinski definition) is 3. The minimum atomic E-state index is -0.118. The number of rotatable bonds is 2. The second-order valence-corrected chi connectivity index (χ2v) is 3.05. The first-order valence-corrected chi connectivity index (χ1v) is 4.04. The summed E-state index contributed by atoms with van der Waals surface area (Å²) in [6.45, 7) is 0. The van der Waals surface area contributed by atoms with Gasteiger partial charge in [0.15, 0.2) is 0 Å². The van der Waals surface area contributed by atoms with Crippen molar-refractivity contribution in [3.05, 3.63) is 29.6 Å². The number of pyridine rings is 1. The number of carbonyl (C=O) groups is 1. The summed E-state index contributed by atoms with van der Waals surface area (Å²) in [6, 6.07) is 3.16.